The molecule has 0 bridgehead atoms. The van der Waals surface area contributed by atoms with Gasteiger partial charge in [-0.25, -0.2) is 9.59 Å². The minimum atomic E-state index is -0.874. The molecule has 0 aromatic rings. The summed E-state index contributed by atoms with van der Waals surface area (Å²) >= 11 is 0. The van der Waals surface area contributed by atoms with Crippen LogP contribution >= 0.6 is 0 Å². The van der Waals surface area contributed by atoms with E-state index in [-0.39, 0.29) is 12.2 Å². The molecule has 0 unspecified atom stereocenters. The van der Waals surface area contributed by atoms with Crippen LogP contribution in [0.1, 0.15) is 19.8 Å². The number of cyclic esters (lactones) is 1. The van der Waals surface area contributed by atoms with E-state index in [0.717, 1.165) is 0 Å². The van der Waals surface area contributed by atoms with E-state index in [1.165, 1.54) is 0 Å². The van der Waals surface area contributed by atoms with Gasteiger partial charge in [-0.1, -0.05) is 0 Å². The molecule has 0 aromatic heterocycles. The van der Waals surface area contributed by atoms with Gasteiger partial charge in [0.05, 0.1) is 18.8 Å². The number of aliphatic hydroxyl groups is 1. The zero-order chi connectivity index (χ0) is 10.6. The van der Waals surface area contributed by atoms with Crippen molar-refractivity contribution < 1.29 is 24.2 Å². The Hall–Kier alpha value is -1.52. The van der Waals surface area contributed by atoms with Crippen molar-refractivity contribution in [3.63, 3.8) is 0 Å². The number of ether oxygens (including phenoxy) is 2. The van der Waals surface area contributed by atoms with Crippen LogP contribution in [0, 0.1) is 0 Å². The summed E-state index contributed by atoms with van der Waals surface area (Å²) in [5, 5.41) is 9.35. The maximum absolute atomic E-state index is 11.1. The number of aliphatic hydroxyl groups excluding tert-OH is 1. The number of hydrogen-bond acceptors (Lipinski definition) is 5. The van der Waals surface area contributed by atoms with Crippen LogP contribution in [0.3, 0.4) is 0 Å². The van der Waals surface area contributed by atoms with Gasteiger partial charge in [0.1, 0.15) is 0 Å². The van der Waals surface area contributed by atoms with Crippen molar-refractivity contribution in [1.82, 2.24) is 0 Å². The number of hydrogen-bond donors (Lipinski definition) is 1. The molecule has 0 spiro atoms. The second kappa shape index (κ2) is 4.64. The van der Waals surface area contributed by atoms with Gasteiger partial charge in [0.25, 0.3) is 0 Å². The third-order valence-electron chi connectivity index (χ3n) is 1.81. The molecule has 14 heavy (non-hydrogen) atoms. The van der Waals surface area contributed by atoms with Crippen molar-refractivity contribution in [1.29, 1.82) is 0 Å². The minimum absolute atomic E-state index is 0.00898. The van der Waals surface area contributed by atoms with E-state index in [4.69, 9.17) is 0 Å². The minimum Gasteiger partial charge on any atom is -0.501 e. The van der Waals surface area contributed by atoms with E-state index >= 15 is 0 Å². The number of carbonyl (C=O) groups is 2. The van der Waals surface area contributed by atoms with E-state index in [2.05, 4.69) is 9.47 Å². The second-order valence-corrected chi connectivity index (χ2v) is 2.79. The number of carbonyl (C=O) groups excluding carboxylic acids is 2. The van der Waals surface area contributed by atoms with Crippen LogP contribution in [0.15, 0.2) is 11.3 Å². The van der Waals surface area contributed by atoms with Gasteiger partial charge in [-0.15, -0.1) is 0 Å². The molecule has 0 saturated carbocycles. The first-order valence-corrected chi connectivity index (χ1v) is 4.43. The molecule has 1 saturated heterocycles. The Morgan fingerprint density at radius 2 is 2.36 bits per heavy atom. The summed E-state index contributed by atoms with van der Waals surface area (Å²) in [5.74, 6) is -2.14. The lowest BCUT2D eigenvalue weighted by Gasteiger charge is -2.14. The zero-order valence-corrected chi connectivity index (χ0v) is 7.91. The van der Waals surface area contributed by atoms with Gasteiger partial charge in [-0.3, -0.25) is 0 Å². The normalized spacial score (nSPS) is 19.9. The van der Waals surface area contributed by atoms with Crippen molar-refractivity contribution in [2.24, 2.45) is 0 Å². The van der Waals surface area contributed by atoms with Gasteiger partial charge in [0.15, 0.2) is 0 Å². The Bertz CT molecular complexity index is 279. The molecular formula is C9H12O5. The summed E-state index contributed by atoms with van der Waals surface area (Å²) in [7, 11) is 0. The monoisotopic (exact) mass is 200 g/mol. The Labute approximate surface area is 81.3 Å². The van der Waals surface area contributed by atoms with Crippen LogP contribution in [-0.4, -0.2) is 30.3 Å². The van der Waals surface area contributed by atoms with Crippen LogP contribution < -0.4 is 0 Å². The molecule has 0 amide bonds. The molecule has 1 rings (SSSR count). The van der Waals surface area contributed by atoms with Gasteiger partial charge in [-0.05, 0) is 19.8 Å². The van der Waals surface area contributed by atoms with Crippen molar-refractivity contribution >= 4 is 11.9 Å². The highest BCUT2D eigenvalue weighted by atomic mass is 16.5. The number of esters is 2. The van der Waals surface area contributed by atoms with Crippen molar-refractivity contribution in [3.05, 3.63) is 11.3 Å². The molecule has 1 aliphatic rings. The van der Waals surface area contributed by atoms with Crippen molar-refractivity contribution in [2.45, 2.75) is 19.8 Å². The van der Waals surface area contributed by atoms with Crippen LogP contribution in [-0.2, 0) is 19.1 Å². The standard InChI is InChI=1S/C9H12O5/c1-2-13-9(12)7(10)6-4-3-5-14-8(6)11/h10H,2-5H2,1H3. The third-order valence-corrected chi connectivity index (χ3v) is 1.81. The van der Waals surface area contributed by atoms with Gasteiger partial charge in [-0.2, -0.15) is 0 Å². The van der Waals surface area contributed by atoms with Crippen LogP contribution in [0.5, 0.6) is 0 Å². The van der Waals surface area contributed by atoms with E-state index in [9.17, 15) is 14.7 Å². The summed E-state index contributed by atoms with van der Waals surface area (Å²) in [6.07, 6.45) is 0.966. The SMILES string of the molecule is CCOC(=O)C(O)=C1CCCOC1=O. The van der Waals surface area contributed by atoms with Crippen LogP contribution in [0.2, 0.25) is 0 Å². The van der Waals surface area contributed by atoms with Gasteiger partial charge >= 0.3 is 11.9 Å². The Kier molecular flexibility index (Phi) is 3.50. The van der Waals surface area contributed by atoms with Crippen molar-refractivity contribution in [3.8, 4) is 0 Å². The van der Waals surface area contributed by atoms with E-state index < -0.39 is 17.7 Å². The average Bonchev–Trinajstić information content (AvgIpc) is 2.18. The quantitative estimate of drug-likeness (QED) is 0.403. The van der Waals surface area contributed by atoms with Gasteiger partial charge in [0, 0.05) is 0 Å². The van der Waals surface area contributed by atoms with Crippen molar-refractivity contribution in [2.75, 3.05) is 13.2 Å². The molecule has 0 atom stereocenters. The molecular weight excluding hydrogens is 188 g/mol. The fraction of sp³-hybridized carbons (Fsp3) is 0.556. The highest BCUT2D eigenvalue weighted by Crippen LogP contribution is 2.17. The summed E-state index contributed by atoms with van der Waals surface area (Å²) < 4.78 is 9.23. The molecule has 0 radical (unpaired) electrons. The predicted octanol–water partition coefficient (Wildman–Crippen LogP) is 0.699. The van der Waals surface area contributed by atoms with Crippen LogP contribution in [0.4, 0.5) is 0 Å². The first kappa shape index (κ1) is 10.6. The topological polar surface area (TPSA) is 72.8 Å². The fourth-order valence-electron chi connectivity index (χ4n) is 1.14. The Morgan fingerprint density at radius 3 is 2.93 bits per heavy atom. The Morgan fingerprint density at radius 1 is 1.64 bits per heavy atom. The lowest BCUT2D eigenvalue weighted by Crippen LogP contribution is -2.21. The van der Waals surface area contributed by atoms with E-state index in [1.807, 2.05) is 0 Å². The molecule has 1 aliphatic heterocycles. The molecule has 0 aliphatic carbocycles. The molecule has 5 nitrogen and oxygen atoms in total. The smallest absolute Gasteiger partial charge is 0.373 e. The molecule has 78 valence electrons. The first-order chi connectivity index (χ1) is 6.66. The van der Waals surface area contributed by atoms with Gasteiger partial charge in [0.2, 0.25) is 5.76 Å². The average molecular weight is 200 g/mol. The lowest BCUT2D eigenvalue weighted by molar-refractivity contribution is -0.145. The van der Waals surface area contributed by atoms with E-state index in [0.29, 0.717) is 19.4 Å². The summed E-state index contributed by atoms with van der Waals surface area (Å²) in [6.45, 7) is 2.11. The predicted molar refractivity (Wildman–Crippen MR) is 46.5 cm³/mol. The summed E-state index contributed by atoms with van der Waals surface area (Å²) in [5.41, 5.74) is 0.00898. The summed E-state index contributed by atoms with van der Waals surface area (Å²) in [6, 6.07) is 0. The molecule has 5 heteroatoms. The third kappa shape index (κ3) is 2.25. The summed E-state index contributed by atoms with van der Waals surface area (Å²) in [4.78, 5) is 22.1. The Balaban J connectivity index is 2.79. The first-order valence-electron chi connectivity index (χ1n) is 4.43. The molecule has 0 aromatic carbocycles. The second-order valence-electron chi connectivity index (χ2n) is 2.79. The lowest BCUT2D eigenvalue weighted by atomic mass is 10.1. The highest BCUT2D eigenvalue weighted by Gasteiger charge is 2.25. The van der Waals surface area contributed by atoms with E-state index in [1.54, 1.807) is 6.92 Å². The highest BCUT2D eigenvalue weighted by molar-refractivity contribution is 5.98. The maximum Gasteiger partial charge on any atom is 0.373 e. The maximum atomic E-state index is 11.1. The number of rotatable bonds is 2. The molecule has 1 fully saturated rings. The van der Waals surface area contributed by atoms with Gasteiger partial charge < -0.3 is 14.6 Å². The fourth-order valence-corrected chi connectivity index (χ4v) is 1.14. The molecule has 1 N–H and O–H groups in total. The zero-order valence-electron chi connectivity index (χ0n) is 7.91. The van der Waals surface area contributed by atoms with Crippen LogP contribution in [0.25, 0.3) is 0 Å². The molecule has 1 heterocycles. The largest absolute Gasteiger partial charge is 0.501 e.